The van der Waals surface area contributed by atoms with Crippen molar-refractivity contribution < 1.29 is 58.2 Å². The summed E-state index contributed by atoms with van der Waals surface area (Å²) in [6.07, 6.45) is 53.9. The molecule has 12 heteroatoms. The maximum absolute atomic E-state index is 13.1. The Kier molecular flexibility index (Phi) is 46.2. The number of esters is 3. The number of carboxylic acid groups (broad SMARTS) is 1. The number of aliphatic hydroxyl groups excluding tert-OH is 2. The first-order valence-electron chi connectivity index (χ1n) is 29.2. The lowest BCUT2D eigenvalue weighted by molar-refractivity contribution is -0.301. The van der Waals surface area contributed by atoms with Gasteiger partial charge in [0.05, 0.1) is 6.61 Å². The molecular formula is C63H102O12. The van der Waals surface area contributed by atoms with Gasteiger partial charge in [0, 0.05) is 19.3 Å². The average molecular weight is 1050 g/mol. The van der Waals surface area contributed by atoms with Crippen LogP contribution in [-0.2, 0) is 42.9 Å². The van der Waals surface area contributed by atoms with Crippen molar-refractivity contribution in [3.63, 3.8) is 0 Å². The van der Waals surface area contributed by atoms with E-state index in [0.717, 1.165) is 141 Å². The molecule has 3 N–H and O–H groups in total. The highest BCUT2D eigenvalue weighted by atomic mass is 16.7. The number of rotatable bonds is 48. The molecule has 0 aliphatic carbocycles. The summed E-state index contributed by atoms with van der Waals surface area (Å²) < 4.78 is 28.3. The highest BCUT2D eigenvalue weighted by Gasteiger charge is 2.50. The predicted octanol–water partition coefficient (Wildman–Crippen LogP) is 14.9. The molecule has 75 heavy (non-hydrogen) atoms. The fraction of sp³-hybridized carbons (Fsp3) is 0.683. The Morgan fingerprint density at radius 1 is 0.453 bits per heavy atom. The molecule has 0 saturated carbocycles. The lowest BCUT2D eigenvalue weighted by Crippen LogP contribution is -2.61. The molecule has 1 heterocycles. The fourth-order valence-corrected chi connectivity index (χ4v) is 8.23. The van der Waals surface area contributed by atoms with E-state index in [1.165, 1.54) is 25.7 Å². The molecule has 426 valence electrons. The number of aliphatic hydroxyl groups is 2. The first-order valence-corrected chi connectivity index (χ1v) is 29.2. The molecule has 0 aromatic carbocycles. The van der Waals surface area contributed by atoms with Gasteiger partial charge in [-0.05, 0) is 96.3 Å². The predicted molar refractivity (Wildman–Crippen MR) is 303 cm³/mol. The van der Waals surface area contributed by atoms with Crippen LogP contribution in [0.15, 0.2) is 97.2 Å². The van der Waals surface area contributed by atoms with Crippen molar-refractivity contribution in [3.8, 4) is 0 Å². The molecule has 0 radical (unpaired) electrons. The number of unbranched alkanes of at least 4 members (excludes halogenated alkanes) is 18. The molecule has 0 spiro atoms. The van der Waals surface area contributed by atoms with E-state index in [4.69, 9.17) is 23.7 Å². The maximum Gasteiger partial charge on any atom is 0.335 e. The standard InChI is InChI=1S/C63H102O12/c1-4-7-10-13-16-19-21-23-25-27-28-30-31-33-35-38-40-43-46-49-55(64)71-52-54(73-56(65)50-47-44-42-39-36-34-32-29-26-24-22-20-17-14-11-8-5-2)53-72-63-61(59(68)58(67)60(75-63)62(69)70)74-57(66)51-48-45-41-37-18-15-12-9-6-3/h7-8,10-11,16-17,19-20,23-26,28,30,32,34,54,58-61,63,67-68H,4-6,9,12-15,18,21-22,27,29,31,33,35-53H2,1-3H3,(H,69,70)/b10-7-,11-8-,19-16-,20-17-,25-23-,26-24-,30-28-,34-32-. The molecule has 0 aromatic rings. The average Bonchev–Trinajstić information content (AvgIpc) is 3.39. The molecule has 6 unspecified atom stereocenters. The molecule has 0 aromatic heterocycles. The number of hydrogen-bond acceptors (Lipinski definition) is 11. The normalized spacial score (nSPS) is 18.9. The Balaban J connectivity index is 2.70. The van der Waals surface area contributed by atoms with E-state index in [1.807, 2.05) is 0 Å². The van der Waals surface area contributed by atoms with Crippen LogP contribution in [0.2, 0.25) is 0 Å². The second-order valence-electron chi connectivity index (χ2n) is 19.5. The van der Waals surface area contributed by atoms with Crippen LogP contribution in [0.25, 0.3) is 0 Å². The minimum Gasteiger partial charge on any atom is -0.479 e. The molecule has 1 aliphatic heterocycles. The molecular weight excluding hydrogens is 949 g/mol. The molecule has 1 saturated heterocycles. The zero-order chi connectivity index (χ0) is 54.7. The highest BCUT2D eigenvalue weighted by molar-refractivity contribution is 5.74. The SMILES string of the molecule is CC/C=C\C/C=C\C/C=C\C/C=C\CCCCCCCCC(=O)OCC(COC1OC(C(=O)O)C(O)C(O)C1OC(=O)CCCCCCCCCCC)OC(=O)CCCCCC/C=C\C/C=C\C/C=C\C/C=C\CC. The summed E-state index contributed by atoms with van der Waals surface area (Å²) in [5.74, 6) is -3.18. The summed E-state index contributed by atoms with van der Waals surface area (Å²) in [5.41, 5.74) is 0. The van der Waals surface area contributed by atoms with Crippen LogP contribution in [0.3, 0.4) is 0 Å². The summed E-state index contributed by atoms with van der Waals surface area (Å²) >= 11 is 0. The van der Waals surface area contributed by atoms with Crippen LogP contribution in [0.4, 0.5) is 0 Å². The van der Waals surface area contributed by atoms with Gasteiger partial charge in [-0.25, -0.2) is 4.79 Å². The van der Waals surface area contributed by atoms with Crippen molar-refractivity contribution in [2.75, 3.05) is 13.2 Å². The van der Waals surface area contributed by atoms with Gasteiger partial charge in [-0.15, -0.1) is 0 Å². The Labute approximate surface area is 453 Å². The van der Waals surface area contributed by atoms with Crippen molar-refractivity contribution in [2.24, 2.45) is 0 Å². The molecule has 0 amide bonds. The van der Waals surface area contributed by atoms with Gasteiger partial charge in [0.2, 0.25) is 0 Å². The van der Waals surface area contributed by atoms with Crippen LogP contribution in [0.5, 0.6) is 0 Å². The van der Waals surface area contributed by atoms with Gasteiger partial charge in [-0.2, -0.15) is 0 Å². The number of aliphatic carboxylic acids is 1. The quantitative estimate of drug-likeness (QED) is 0.0228. The van der Waals surface area contributed by atoms with Gasteiger partial charge < -0.3 is 39.0 Å². The lowest BCUT2D eigenvalue weighted by Gasteiger charge is -2.40. The fourth-order valence-electron chi connectivity index (χ4n) is 8.23. The minimum atomic E-state index is -1.91. The minimum absolute atomic E-state index is 0.0531. The number of allylic oxidation sites excluding steroid dienone is 16. The lowest BCUT2D eigenvalue weighted by atomic mass is 9.98. The number of carboxylic acids is 1. The highest BCUT2D eigenvalue weighted by Crippen LogP contribution is 2.26. The summed E-state index contributed by atoms with van der Waals surface area (Å²) in [5, 5.41) is 31.4. The second kappa shape index (κ2) is 50.5. The Hall–Kier alpha value is -4.36. The summed E-state index contributed by atoms with van der Waals surface area (Å²) in [6, 6.07) is 0. The van der Waals surface area contributed by atoms with Gasteiger partial charge in [-0.1, -0.05) is 208 Å². The third-order valence-electron chi connectivity index (χ3n) is 12.7. The van der Waals surface area contributed by atoms with Crippen molar-refractivity contribution in [1.82, 2.24) is 0 Å². The molecule has 1 rings (SSSR count). The largest absolute Gasteiger partial charge is 0.479 e. The van der Waals surface area contributed by atoms with E-state index in [1.54, 1.807) is 0 Å². The molecule has 1 aliphatic rings. The summed E-state index contributed by atoms with van der Waals surface area (Å²) in [7, 11) is 0. The molecule has 0 bridgehead atoms. The van der Waals surface area contributed by atoms with E-state index >= 15 is 0 Å². The van der Waals surface area contributed by atoms with Crippen molar-refractivity contribution >= 4 is 23.9 Å². The first-order chi connectivity index (χ1) is 36.6. The molecule has 12 nitrogen and oxygen atoms in total. The molecule has 1 fully saturated rings. The number of ether oxygens (including phenoxy) is 5. The summed E-state index contributed by atoms with van der Waals surface area (Å²) in [6.45, 7) is 5.69. The topological polar surface area (TPSA) is 175 Å². The van der Waals surface area contributed by atoms with Crippen LogP contribution < -0.4 is 0 Å². The van der Waals surface area contributed by atoms with Crippen molar-refractivity contribution in [1.29, 1.82) is 0 Å². The van der Waals surface area contributed by atoms with Gasteiger partial charge in [0.1, 0.15) is 18.8 Å². The first kappa shape index (κ1) is 68.7. The van der Waals surface area contributed by atoms with Crippen LogP contribution in [-0.4, -0.2) is 89.2 Å². The van der Waals surface area contributed by atoms with E-state index < -0.39 is 67.3 Å². The Bertz CT molecular complexity index is 1670. The van der Waals surface area contributed by atoms with Gasteiger partial charge in [-0.3, -0.25) is 14.4 Å². The smallest absolute Gasteiger partial charge is 0.335 e. The Morgan fingerprint density at radius 2 is 0.840 bits per heavy atom. The zero-order valence-electron chi connectivity index (χ0n) is 46.8. The third kappa shape index (κ3) is 40.6. The van der Waals surface area contributed by atoms with Crippen molar-refractivity contribution in [2.45, 2.75) is 263 Å². The van der Waals surface area contributed by atoms with Gasteiger partial charge in [0.25, 0.3) is 0 Å². The van der Waals surface area contributed by atoms with E-state index in [2.05, 4.69) is 118 Å². The van der Waals surface area contributed by atoms with Crippen molar-refractivity contribution in [3.05, 3.63) is 97.2 Å². The van der Waals surface area contributed by atoms with Gasteiger partial charge in [0.15, 0.2) is 24.6 Å². The summed E-state index contributed by atoms with van der Waals surface area (Å²) in [4.78, 5) is 51.0. The number of carbonyl (C=O) groups excluding carboxylic acids is 3. The van der Waals surface area contributed by atoms with E-state index in [9.17, 15) is 34.5 Å². The van der Waals surface area contributed by atoms with Crippen LogP contribution >= 0.6 is 0 Å². The maximum atomic E-state index is 13.1. The third-order valence-corrected chi connectivity index (χ3v) is 12.7. The monoisotopic (exact) mass is 1050 g/mol. The van der Waals surface area contributed by atoms with E-state index in [0.29, 0.717) is 19.3 Å². The van der Waals surface area contributed by atoms with Crippen LogP contribution in [0, 0.1) is 0 Å². The number of carbonyl (C=O) groups is 4. The number of hydrogen-bond donors (Lipinski definition) is 3. The molecule has 6 atom stereocenters. The zero-order valence-corrected chi connectivity index (χ0v) is 46.8. The van der Waals surface area contributed by atoms with Crippen LogP contribution in [0.1, 0.15) is 226 Å². The van der Waals surface area contributed by atoms with E-state index in [-0.39, 0.29) is 25.9 Å². The Morgan fingerprint density at radius 3 is 1.28 bits per heavy atom. The second-order valence-corrected chi connectivity index (χ2v) is 19.5. The van der Waals surface area contributed by atoms with Gasteiger partial charge >= 0.3 is 23.9 Å².